The lowest BCUT2D eigenvalue weighted by Crippen LogP contribution is -2.30. The second kappa shape index (κ2) is 9.13. The molecule has 22 heavy (non-hydrogen) atoms. The van der Waals surface area contributed by atoms with Crippen LogP contribution in [0.15, 0.2) is 24.3 Å². The van der Waals surface area contributed by atoms with Crippen molar-refractivity contribution in [2.75, 3.05) is 13.2 Å². The van der Waals surface area contributed by atoms with Gasteiger partial charge in [-0.15, -0.1) is 0 Å². The van der Waals surface area contributed by atoms with Gasteiger partial charge in [0.25, 0.3) is 0 Å². The number of nitrogens with one attached hydrogen (secondary N) is 2. The summed E-state index contributed by atoms with van der Waals surface area (Å²) in [4.78, 5) is 0. The third-order valence-corrected chi connectivity index (χ3v) is 4.56. The van der Waals surface area contributed by atoms with Crippen LogP contribution < -0.4 is 21.3 Å². The molecule has 0 spiro atoms. The van der Waals surface area contributed by atoms with Crippen LogP contribution in [-0.4, -0.2) is 19.2 Å². The van der Waals surface area contributed by atoms with Crippen molar-refractivity contribution in [3.63, 3.8) is 0 Å². The predicted octanol–water partition coefficient (Wildman–Crippen LogP) is 3.15. The zero-order chi connectivity index (χ0) is 15.8. The first-order valence-corrected chi connectivity index (χ1v) is 8.70. The Hall–Kier alpha value is -1.10. The van der Waals surface area contributed by atoms with Gasteiger partial charge in [0.05, 0.1) is 12.6 Å². The maximum absolute atomic E-state index is 5.89. The molecular weight excluding hydrogens is 274 g/mol. The molecule has 0 radical (unpaired) electrons. The summed E-state index contributed by atoms with van der Waals surface area (Å²) in [5.74, 6) is 1.38. The van der Waals surface area contributed by atoms with E-state index in [9.17, 15) is 0 Å². The molecule has 1 aliphatic rings. The van der Waals surface area contributed by atoms with Crippen LogP contribution in [0.2, 0.25) is 0 Å². The molecule has 3 unspecified atom stereocenters. The lowest BCUT2D eigenvalue weighted by molar-refractivity contribution is 0.304. The summed E-state index contributed by atoms with van der Waals surface area (Å²) < 4.78 is 5.82. The Morgan fingerprint density at radius 1 is 1.05 bits per heavy atom. The van der Waals surface area contributed by atoms with Gasteiger partial charge in [-0.1, -0.05) is 44.7 Å². The molecule has 4 nitrogen and oxygen atoms in total. The highest BCUT2D eigenvalue weighted by atomic mass is 16.5. The molecule has 0 saturated carbocycles. The standard InChI is InChI=1S/C18H31N3O/c1-3-4-5-6-7-12-22-16-10-8-15(9-11-16)18-17(13-19)14(2)20-21-18/h8-11,14,17-18,20-21H,3-7,12-13,19H2,1-2H3. The minimum atomic E-state index is 0.281. The summed E-state index contributed by atoms with van der Waals surface area (Å²) >= 11 is 0. The Morgan fingerprint density at radius 3 is 2.45 bits per heavy atom. The van der Waals surface area contributed by atoms with E-state index in [-0.39, 0.29) is 6.04 Å². The van der Waals surface area contributed by atoms with Crippen molar-refractivity contribution in [1.82, 2.24) is 10.9 Å². The first kappa shape index (κ1) is 17.3. The van der Waals surface area contributed by atoms with Crippen molar-refractivity contribution in [3.05, 3.63) is 29.8 Å². The fourth-order valence-corrected chi connectivity index (χ4v) is 3.06. The van der Waals surface area contributed by atoms with Gasteiger partial charge in [-0.05, 0) is 37.6 Å². The Bertz CT molecular complexity index is 421. The molecule has 3 atom stereocenters. The number of nitrogens with two attached hydrogens (primary N) is 1. The average molecular weight is 305 g/mol. The van der Waals surface area contributed by atoms with E-state index >= 15 is 0 Å². The smallest absolute Gasteiger partial charge is 0.119 e. The van der Waals surface area contributed by atoms with E-state index in [1.807, 2.05) is 0 Å². The number of hydrazine groups is 1. The maximum atomic E-state index is 5.89. The third-order valence-electron chi connectivity index (χ3n) is 4.56. The van der Waals surface area contributed by atoms with E-state index < -0.39 is 0 Å². The molecule has 4 N–H and O–H groups in total. The topological polar surface area (TPSA) is 59.3 Å². The van der Waals surface area contributed by atoms with Crippen LogP contribution in [0.5, 0.6) is 5.75 Å². The Kier molecular flexibility index (Phi) is 7.16. The molecule has 1 fully saturated rings. The van der Waals surface area contributed by atoms with E-state index in [2.05, 4.69) is 49.0 Å². The highest BCUT2D eigenvalue weighted by Gasteiger charge is 2.32. The van der Waals surface area contributed by atoms with E-state index in [4.69, 9.17) is 10.5 Å². The van der Waals surface area contributed by atoms with Gasteiger partial charge in [-0.25, -0.2) is 5.43 Å². The largest absolute Gasteiger partial charge is 0.494 e. The minimum absolute atomic E-state index is 0.281. The lowest BCUT2D eigenvalue weighted by Gasteiger charge is -2.19. The summed E-state index contributed by atoms with van der Waals surface area (Å²) in [5.41, 5.74) is 13.8. The lowest BCUT2D eigenvalue weighted by atomic mass is 9.90. The van der Waals surface area contributed by atoms with Crippen LogP contribution >= 0.6 is 0 Å². The van der Waals surface area contributed by atoms with E-state index in [1.54, 1.807) is 0 Å². The summed E-state index contributed by atoms with van der Waals surface area (Å²) in [6.45, 7) is 5.90. The van der Waals surface area contributed by atoms with E-state index in [0.29, 0.717) is 18.5 Å². The number of rotatable bonds is 9. The Balaban J connectivity index is 1.78. The van der Waals surface area contributed by atoms with Crippen LogP contribution in [0, 0.1) is 5.92 Å². The molecule has 0 amide bonds. The van der Waals surface area contributed by atoms with E-state index in [0.717, 1.165) is 18.8 Å². The van der Waals surface area contributed by atoms with Crippen molar-refractivity contribution in [3.8, 4) is 5.75 Å². The van der Waals surface area contributed by atoms with Crippen LogP contribution in [0.1, 0.15) is 57.6 Å². The number of hydrogen-bond donors (Lipinski definition) is 3. The van der Waals surface area contributed by atoms with Crippen molar-refractivity contribution < 1.29 is 4.74 Å². The van der Waals surface area contributed by atoms with Crippen LogP contribution in [0.4, 0.5) is 0 Å². The Morgan fingerprint density at radius 2 is 1.77 bits per heavy atom. The molecule has 0 bridgehead atoms. The molecule has 2 rings (SSSR count). The molecule has 124 valence electrons. The van der Waals surface area contributed by atoms with Gasteiger partial charge in [0.1, 0.15) is 5.75 Å². The normalized spacial score (nSPS) is 24.6. The number of unbranched alkanes of at least 4 members (excludes halogenated alkanes) is 4. The van der Waals surface area contributed by atoms with Gasteiger partial charge in [0.15, 0.2) is 0 Å². The highest BCUT2D eigenvalue weighted by Crippen LogP contribution is 2.29. The van der Waals surface area contributed by atoms with Gasteiger partial charge in [0, 0.05) is 12.0 Å². The molecule has 1 heterocycles. The third kappa shape index (κ3) is 4.70. The molecule has 0 aromatic heterocycles. The second-order valence-corrected chi connectivity index (χ2v) is 6.29. The second-order valence-electron chi connectivity index (χ2n) is 6.29. The van der Waals surface area contributed by atoms with Gasteiger partial charge in [-0.2, -0.15) is 0 Å². The van der Waals surface area contributed by atoms with Crippen molar-refractivity contribution in [2.24, 2.45) is 11.7 Å². The summed E-state index contributed by atoms with van der Waals surface area (Å²) in [6.07, 6.45) is 6.34. The van der Waals surface area contributed by atoms with Gasteiger partial charge >= 0.3 is 0 Å². The van der Waals surface area contributed by atoms with Crippen molar-refractivity contribution in [1.29, 1.82) is 0 Å². The van der Waals surface area contributed by atoms with Gasteiger partial charge in [0.2, 0.25) is 0 Å². The molecule has 1 aromatic carbocycles. The van der Waals surface area contributed by atoms with E-state index in [1.165, 1.54) is 31.2 Å². The summed E-state index contributed by atoms with van der Waals surface area (Å²) in [6, 6.07) is 9.11. The van der Waals surface area contributed by atoms with Gasteiger partial charge < -0.3 is 10.5 Å². The SMILES string of the molecule is CCCCCCCOc1ccc(C2NNC(C)C2CN)cc1. The maximum Gasteiger partial charge on any atom is 0.119 e. The molecule has 1 saturated heterocycles. The Labute approximate surface area is 134 Å². The molecule has 4 heteroatoms. The highest BCUT2D eigenvalue weighted by molar-refractivity contribution is 5.30. The summed E-state index contributed by atoms with van der Waals surface area (Å²) in [5, 5.41) is 0. The molecule has 1 aliphatic heterocycles. The quantitative estimate of drug-likeness (QED) is 0.613. The number of benzene rings is 1. The van der Waals surface area contributed by atoms with Crippen molar-refractivity contribution >= 4 is 0 Å². The zero-order valence-electron chi connectivity index (χ0n) is 14.0. The first-order chi connectivity index (χ1) is 10.8. The number of hydrogen-bond acceptors (Lipinski definition) is 4. The predicted molar refractivity (Wildman–Crippen MR) is 91.7 cm³/mol. The zero-order valence-corrected chi connectivity index (χ0v) is 14.0. The number of ether oxygens (including phenoxy) is 1. The average Bonchev–Trinajstić information content (AvgIpc) is 2.92. The first-order valence-electron chi connectivity index (χ1n) is 8.70. The van der Waals surface area contributed by atoms with Gasteiger partial charge in [-0.3, -0.25) is 5.43 Å². The van der Waals surface area contributed by atoms with Crippen LogP contribution in [0.3, 0.4) is 0 Å². The molecule has 0 aliphatic carbocycles. The molecule has 1 aromatic rings. The summed E-state index contributed by atoms with van der Waals surface area (Å²) in [7, 11) is 0. The monoisotopic (exact) mass is 305 g/mol. The minimum Gasteiger partial charge on any atom is -0.494 e. The van der Waals surface area contributed by atoms with Crippen LogP contribution in [-0.2, 0) is 0 Å². The molecular formula is C18H31N3O. The van der Waals surface area contributed by atoms with Crippen LogP contribution in [0.25, 0.3) is 0 Å². The fraction of sp³-hybridized carbons (Fsp3) is 0.667. The van der Waals surface area contributed by atoms with Crippen molar-refractivity contribution in [2.45, 2.75) is 58.0 Å². The fourth-order valence-electron chi connectivity index (χ4n) is 3.06.